The third-order valence-electron chi connectivity index (χ3n) is 3.48. The second-order valence-electron chi connectivity index (χ2n) is 4.89. The Morgan fingerprint density at radius 1 is 1.42 bits per heavy atom. The van der Waals surface area contributed by atoms with Gasteiger partial charge in [0.1, 0.15) is 4.99 Å². The molecule has 19 heavy (non-hydrogen) atoms. The predicted octanol–water partition coefficient (Wildman–Crippen LogP) is 1.34. The largest absolute Gasteiger partial charge is 0.389 e. The summed E-state index contributed by atoms with van der Waals surface area (Å²) in [6.07, 6.45) is 2.35. The van der Waals surface area contributed by atoms with Crippen LogP contribution in [0.3, 0.4) is 0 Å². The van der Waals surface area contributed by atoms with Gasteiger partial charge >= 0.3 is 0 Å². The number of anilines is 1. The van der Waals surface area contributed by atoms with Crippen molar-refractivity contribution in [3.8, 4) is 0 Å². The van der Waals surface area contributed by atoms with Gasteiger partial charge in [0.05, 0.1) is 17.9 Å². The molecule has 2 rings (SSSR count). The van der Waals surface area contributed by atoms with E-state index in [0.29, 0.717) is 17.6 Å². The van der Waals surface area contributed by atoms with Crippen LogP contribution in [0.15, 0.2) is 0 Å². The highest BCUT2D eigenvalue weighted by molar-refractivity contribution is 7.80. The molecule has 0 spiro atoms. The summed E-state index contributed by atoms with van der Waals surface area (Å²) in [6.45, 7) is 5.35. The van der Waals surface area contributed by atoms with Crippen LogP contribution in [0.2, 0.25) is 0 Å². The standard InChI is InChI=1S/C13H20N4OS/c1-8-9(2)15-16-13(11(8)12(14)19)17(6-7-18-3)10-4-5-10/h10H,4-7H2,1-3H3,(H2,14,19). The molecule has 104 valence electrons. The molecule has 1 aliphatic rings. The first-order chi connectivity index (χ1) is 9.06. The lowest BCUT2D eigenvalue weighted by Crippen LogP contribution is -2.33. The highest BCUT2D eigenvalue weighted by atomic mass is 32.1. The average Bonchev–Trinajstić information content (AvgIpc) is 3.18. The predicted molar refractivity (Wildman–Crippen MR) is 79.6 cm³/mol. The SMILES string of the molecule is COCCN(c1nnc(C)c(C)c1C(N)=S)C1CC1. The fourth-order valence-electron chi connectivity index (χ4n) is 2.13. The van der Waals surface area contributed by atoms with Crippen LogP contribution in [0.5, 0.6) is 0 Å². The maximum Gasteiger partial charge on any atom is 0.162 e. The summed E-state index contributed by atoms with van der Waals surface area (Å²) in [6, 6.07) is 0.514. The first-order valence-corrected chi connectivity index (χ1v) is 6.86. The molecule has 1 fully saturated rings. The number of aromatic nitrogens is 2. The molecule has 1 heterocycles. The molecule has 1 aliphatic carbocycles. The van der Waals surface area contributed by atoms with Gasteiger partial charge in [0.2, 0.25) is 0 Å². The molecule has 0 amide bonds. The summed E-state index contributed by atoms with van der Waals surface area (Å²) in [5, 5.41) is 8.54. The van der Waals surface area contributed by atoms with Crippen molar-refractivity contribution in [1.29, 1.82) is 0 Å². The highest BCUT2D eigenvalue weighted by Gasteiger charge is 2.32. The zero-order valence-electron chi connectivity index (χ0n) is 11.6. The van der Waals surface area contributed by atoms with E-state index >= 15 is 0 Å². The lowest BCUT2D eigenvalue weighted by Gasteiger charge is -2.25. The number of methoxy groups -OCH3 is 1. The highest BCUT2D eigenvalue weighted by Crippen LogP contribution is 2.33. The fraction of sp³-hybridized carbons (Fsp3) is 0.615. The van der Waals surface area contributed by atoms with Crippen molar-refractivity contribution >= 4 is 23.0 Å². The molecule has 1 aromatic heterocycles. The van der Waals surface area contributed by atoms with Crippen LogP contribution in [0.1, 0.15) is 29.7 Å². The van der Waals surface area contributed by atoms with E-state index in [9.17, 15) is 0 Å². The molecular weight excluding hydrogens is 260 g/mol. The van der Waals surface area contributed by atoms with E-state index in [2.05, 4.69) is 15.1 Å². The minimum atomic E-state index is 0.383. The number of ether oxygens (including phenoxy) is 1. The summed E-state index contributed by atoms with van der Waals surface area (Å²) in [5.41, 5.74) is 8.61. The molecule has 2 N–H and O–H groups in total. The lowest BCUT2D eigenvalue weighted by molar-refractivity contribution is 0.204. The van der Waals surface area contributed by atoms with Gasteiger partial charge in [-0.05, 0) is 32.3 Å². The third kappa shape index (κ3) is 3.01. The topological polar surface area (TPSA) is 64.3 Å². The zero-order valence-corrected chi connectivity index (χ0v) is 12.5. The number of nitrogens with zero attached hydrogens (tertiary/aromatic N) is 3. The third-order valence-corrected chi connectivity index (χ3v) is 3.68. The van der Waals surface area contributed by atoms with E-state index in [1.54, 1.807) is 7.11 Å². The first kappa shape index (κ1) is 14.1. The minimum Gasteiger partial charge on any atom is -0.389 e. The van der Waals surface area contributed by atoms with E-state index in [-0.39, 0.29) is 0 Å². The van der Waals surface area contributed by atoms with E-state index in [1.165, 1.54) is 12.8 Å². The van der Waals surface area contributed by atoms with Crippen molar-refractivity contribution in [3.05, 3.63) is 16.8 Å². The van der Waals surface area contributed by atoms with Crippen LogP contribution in [0.4, 0.5) is 5.82 Å². The van der Waals surface area contributed by atoms with Crippen molar-refractivity contribution in [2.45, 2.75) is 32.7 Å². The van der Waals surface area contributed by atoms with Gasteiger partial charge in [0.15, 0.2) is 5.82 Å². The summed E-state index contributed by atoms with van der Waals surface area (Å²) >= 11 is 5.19. The summed E-state index contributed by atoms with van der Waals surface area (Å²) in [7, 11) is 1.70. The molecule has 0 radical (unpaired) electrons. The Labute approximate surface area is 119 Å². The Kier molecular flexibility index (Phi) is 4.31. The van der Waals surface area contributed by atoms with Gasteiger partial charge in [-0.1, -0.05) is 12.2 Å². The normalized spacial score (nSPS) is 14.5. The van der Waals surface area contributed by atoms with Crippen LogP contribution < -0.4 is 10.6 Å². The van der Waals surface area contributed by atoms with E-state index in [4.69, 9.17) is 22.7 Å². The van der Waals surface area contributed by atoms with Crippen molar-refractivity contribution in [1.82, 2.24) is 10.2 Å². The fourth-order valence-corrected chi connectivity index (χ4v) is 2.37. The maximum absolute atomic E-state index is 5.88. The lowest BCUT2D eigenvalue weighted by atomic mass is 10.1. The second kappa shape index (κ2) is 5.79. The Balaban J connectivity index is 2.41. The Morgan fingerprint density at radius 2 is 2.11 bits per heavy atom. The number of rotatable bonds is 6. The van der Waals surface area contributed by atoms with Crippen LogP contribution >= 0.6 is 12.2 Å². The second-order valence-corrected chi connectivity index (χ2v) is 5.33. The molecule has 1 aromatic rings. The quantitative estimate of drug-likeness (QED) is 0.793. The van der Waals surface area contributed by atoms with Crippen molar-refractivity contribution in [2.75, 3.05) is 25.2 Å². The van der Waals surface area contributed by atoms with Crippen molar-refractivity contribution < 1.29 is 4.74 Å². The Bertz CT molecular complexity index is 488. The molecule has 1 saturated carbocycles. The summed E-state index contributed by atoms with van der Waals surface area (Å²) < 4.78 is 5.17. The van der Waals surface area contributed by atoms with E-state index in [0.717, 1.165) is 29.2 Å². The van der Waals surface area contributed by atoms with Gasteiger partial charge < -0.3 is 15.4 Å². The number of thiocarbonyl (C=S) groups is 1. The van der Waals surface area contributed by atoms with Gasteiger partial charge in [0, 0.05) is 19.7 Å². The average molecular weight is 280 g/mol. The van der Waals surface area contributed by atoms with E-state index < -0.39 is 0 Å². The minimum absolute atomic E-state index is 0.383. The van der Waals surface area contributed by atoms with Crippen molar-refractivity contribution in [3.63, 3.8) is 0 Å². The molecule has 0 unspecified atom stereocenters. The Hall–Kier alpha value is -1.27. The monoisotopic (exact) mass is 280 g/mol. The van der Waals surface area contributed by atoms with Crippen LogP contribution in [0, 0.1) is 13.8 Å². The molecule has 6 heteroatoms. The summed E-state index contributed by atoms with van der Waals surface area (Å²) in [4.78, 5) is 2.60. The molecule has 0 saturated heterocycles. The molecule has 0 aromatic carbocycles. The van der Waals surface area contributed by atoms with Gasteiger partial charge in [-0.25, -0.2) is 0 Å². The number of aryl methyl sites for hydroxylation is 1. The van der Waals surface area contributed by atoms with Crippen LogP contribution in [-0.2, 0) is 4.74 Å². The molecule has 0 bridgehead atoms. The zero-order chi connectivity index (χ0) is 14.0. The van der Waals surface area contributed by atoms with Crippen molar-refractivity contribution in [2.24, 2.45) is 5.73 Å². The smallest absolute Gasteiger partial charge is 0.162 e. The number of nitrogens with two attached hydrogens (primary N) is 1. The van der Waals surface area contributed by atoms with Crippen LogP contribution in [0.25, 0.3) is 0 Å². The van der Waals surface area contributed by atoms with E-state index in [1.807, 2.05) is 13.8 Å². The first-order valence-electron chi connectivity index (χ1n) is 6.45. The molecule has 0 aliphatic heterocycles. The molecular formula is C13H20N4OS. The Morgan fingerprint density at radius 3 is 2.63 bits per heavy atom. The van der Waals surface area contributed by atoms with Gasteiger partial charge in [-0.15, -0.1) is 5.10 Å². The molecule has 5 nitrogen and oxygen atoms in total. The number of hydrogen-bond donors (Lipinski definition) is 1. The summed E-state index contributed by atoms with van der Waals surface area (Å²) in [5.74, 6) is 0.801. The maximum atomic E-state index is 5.88. The van der Waals surface area contributed by atoms with Crippen LogP contribution in [-0.4, -0.2) is 41.5 Å². The number of hydrogen-bond acceptors (Lipinski definition) is 5. The molecule has 0 atom stereocenters. The van der Waals surface area contributed by atoms with Gasteiger partial charge in [-0.3, -0.25) is 0 Å². The van der Waals surface area contributed by atoms with Gasteiger partial charge in [-0.2, -0.15) is 5.10 Å². The van der Waals surface area contributed by atoms with Gasteiger partial charge in [0.25, 0.3) is 0 Å².